The van der Waals surface area contributed by atoms with Crippen LogP contribution in [-0.4, -0.2) is 43.4 Å². The Bertz CT molecular complexity index is 976. The molecule has 156 valence electrons. The van der Waals surface area contributed by atoms with E-state index in [0.29, 0.717) is 12.1 Å². The number of sulfonamides is 1. The number of pyridine rings is 1. The second-order valence-corrected chi connectivity index (χ2v) is 9.42. The molecule has 29 heavy (non-hydrogen) atoms. The molecule has 1 fully saturated rings. The Hall–Kier alpha value is -2.30. The fraction of sp³-hybridized carbons (Fsp3) is 0.421. The van der Waals surface area contributed by atoms with Crippen LogP contribution in [0.3, 0.4) is 0 Å². The minimum Gasteiger partial charge on any atom is -0.508 e. The van der Waals surface area contributed by atoms with Gasteiger partial charge in [-0.1, -0.05) is 0 Å². The van der Waals surface area contributed by atoms with Crippen LogP contribution in [0.2, 0.25) is 0 Å². The summed E-state index contributed by atoms with van der Waals surface area (Å²) < 4.78 is 45.6. The molecule has 8 nitrogen and oxygen atoms in total. The lowest BCUT2D eigenvalue weighted by molar-refractivity contribution is 0.00578. The van der Waals surface area contributed by atoms with Crippen LogP contribution in [0.15, 0.2) is 41.4 Å². The zero-order chi connectivity index (χ0) is 21.4. The maximum atomic E-state index is 12.8. The average molecular weight is 420 g/mol. The number of hydrogen-bond donors (Lipinski definition) is 2. The van der Waals surface area contributed by atoms with Gasteiger partial charge in [0.1, 0.15) is 11.4 Å². The first-order chi connectivity index (χ1) is 13.4. The van der Waals surface area contributed by atoms with Crippen molar-refractivity contribution in [2.75, 3.05) is 11.3 Å². The molecule has 0 spiro atoms. The summed E-state index contributed by atoms with van der Waals surface area (Å²) in [7, 11) is -4.61. The highest BCUT2D eigenvalue weighted by Gasteiger charge is 2.52. The zero-order valence-corrected chi connectivity index (χ0v) is 17.9. The van der Waals surface area contributed by atoms with Crippen molar-refractivity contribution in [3.05, 3.63) is 36.5 Å². The number of hydrogen-bond acceptors (Lipinski definition) is 7. The van der Waals surface area contributed by atoms with E-state index in [-0.39, 0.29) is 22.2 Å². The predicted molar refractivity (Wildman–Crippen MR) is 110 cm³/mol. The molecule has 1 aromatic heterocycles. The molecular weight excluding hydrogens is 395 g/mol. The van der Waals surface area contributed by atoms with E-state index in [1.54, 1.807) is 19.2 Å². The predicted octanol–water partition coefficient (Wildman–Crippen LogP) is 2.29. The van der Waals surface area contributed by atoms with Gasteiger partial charge in [0.2, 0.25) is 5.88 Å². The van der Waals surface area contributed by atoms with E-state index in [2.05, 4.69) is 9.71 Å². The summed E-state index contributed by atoms with van der Waals surface area (Å²) in [5, 5.41) is 9.40. The van der Waals surface area contributed by atoms with Crippen LogP contribution in [0.5, 0.6) is 11.6 Å². The zero-order valence-electron chi connectivity index (χ0n) is 17.1. The van der Waals surface area contributed by atoms with Gasteiger partial charge in [-0.05, 0) is 65.0 Å². The van der Waals surface area contributed by atoms with Gasteiger partial charge in [-0.25, -0.2) is 13.4 Å². The van der Waals surface area contributed by atoms with Crippen molar-refractivity contribution in [1.82, 2.24) is 4.98 Å². The van der Waals surface area contributed by atoms with E-state index in [1.807, 2.05) is 27.7 Å². The summed E-state index contributed by atoms with van der Waals surface area (Å²) in [5.74, 6) is 0.124. The third-order valence-electron chi connectivity index (χ3n) is 5.07. The molecule has 1 aromatic carbocycles. The molecule has 2 N–H and O–H groups in total. The summed E-state index contributed by atoms with van der Waals surface area (Å²) in [6.07, 6.45) is 1.55. The molecular formula is C19H25BN2O6S. The summed E-state index contributed by atoms with van der Waals surface area (Å²) in [4.78, 5) is 4.25. The Morgan fingerprint density at radius 1 is 1.14 bits per heavy atom. The van der Waals surface area contributed by atoms with Crippen LogP contribution in [-0.2, 0) is 19.3 Å². The van der Waals surface area contributed by atoms with Gasteiger partial charge in [-0.15, -0.1) is 0 Å². The molecule has 0 amide bonds. The Kier molecular flexibility index (Phi) is 5.55. The van der Waals surface area contributed by atoms with Crippen LogP contribution in [0.25, 0.3) is 0 Å². The van der Waals surface area contributed by atoms with Crippen LogP contribution in [0.1, 0.15) is 34.6 Å². The number of ether oxygens (including phenoxy) is 1. The van der Waals surface area contributed by atoms with Gasteiger partial charge in [0, 0.05) is 11.7 Å². The molecule has 2 heterocycles. The number of rotatable bonds is 6. The first kappa shape index (κ1) is 21.4. The molecule has 0 saturated carbocycles. The van der Waals surface area contributed by atoms with Crippen molar-refractivity contribution >= 4 is 28.3 Å². The van der Waals surface area contributed by atoms with E-state index >= 15 is 0 Å². The molecule has 10 heteroatoms. The smallest absolute Gasteiger partial charge is 0.496 e. The quantitative estimate of drug-likeness (QED) is 0.691. The molecule has 0 bridgehead atoms. The van der Waals surface area contributed by atoms with Gasteiger partial charge in [-0.2, -0.15) is 0 Å². The number of benzene rings is 1. The van der Waals surface area contributed by atoms with Crippen molar-refractivity contribution in [2.45, 2.75) is 50.7 Å². The monoisotopic (exact) mass is 420 g/mol. The Morgan fingerprint density at radius 3 is 2.28 bits per heavy atom. The van der Waals surface area contributed by atoms with Crippen molar-refractivity contribution in [3.8, 4) is 11.6 Å². The van der Waals surface area contributed by atoms with Gasteiger partial charge in [0.25, 0.3) is 10.0 Å². The van der Waals surface area contributed by atoms with E-state index in [1.165, 1.54) is 24.3 Å². The minimum atomic E-state index is -3.92. The first-order valence-electron chi connectivity index (χ1n) is 9.25. The normalized spacial score (nSPS) is 17.9. The average Bonchev–Trinajstić information content (AvgIpc) is 2.84. The number of nitrogens with zero attached hydrogens (tertiary/aromatic N) is 1. The van der Waals surface area contributed by atoms with Crippen molar-refractivity contribution in [2.24, 2.45) is 0 Å². The molecule has 1 saturated heterocycles. The number of aromatic hydroxyl groups is 1. The van der Waals surface area contributed by atoms with Crippen LogP contribution >= 0.6 is 0 Å². The second-order valence-electron chi connectivity index (χ2n) is 7.74. The Labute approximate surface area is 171 Å². The molecule has 0 unspecified atom stereocenters. The first-order valence-corrected chi connectivity index (χ1v) is 10.7. The number of anilines is 1. The number of nitrogens with one attached hydrogen (secondary N) is 1. The molecule has 0 aliphatic carbocycles. The summed E-state index contributed by atoms with van der Waals surface area (Å²) in [6.45, 7) is 9.83. The van der Waals surface area contributed by atoms with E-state index in [0.717, 1.165) is 0 Å². The molecule has 2 aromatic rings. The largest absolute Gasteiger partial charge is 0.508 e. The Morgan fingerprint density at radius 2 is 1.72 bits per heavy atom. The molecule has 0 atom stereocenters. The van der Waals surface area contributed by atoms with Gasteiger partial charge < -0.3 is 19.2 Å². The lowest BCUT2D eigenvalue weighted by atomic mass is 9.80. The summed E-state index contributed by atoms with van der Waals surface area (Å²) in [6, 6.07) is 6.82. The summed E-state index contributed by atoms with van der Waals surface area (Å²) >= 11 is 0. The second kappa shape index (κ2) is 7.51. The highest BCUT2D eigenvalue weighted by Crippen LogP contribution is 2.37. The maximum absolute atomic E-state index is 12.8. The van der Waals surface area contributed by atoms with Crippen molar-refractivity contribution in [3.63, 3.8) is 0 Å². The topological polar surface area (TPSA) is 107 Å². The Balaban J connectivity index is 1.95. The number of aromatic nitrogens is 1. The van der Waals surface area contributed by atoms with Crippen LogP contribution in [0.4, 0.5) is 5.69 Å². The van der Waals surface area contributed by atoms with Gasteiger partial charge in [-0.3, -0.25) is 4.72 Å². The highest BCUT2D eigenvalue weighted by molar-refractivity contribution is 7.92. The fourth-order valence-corrected chi connectivity index (χ4v) is 3.78. The minimum absolute atomic E-state index is 0.00113. The van der Waals surface area contributed by atoms with E-state index < -0.39 is 28.3 Å². The molecule has 1 aliphatic rings. The van der Waals surface area contributed by atoms with Crippen LogP contribution < -0.4 is 14.9 Å². The number of phenols is 1. The number of phenolic OH excluding ortho intramolecular Hbond substituents is 1. The van der Waals surface area contributed by atoms with Gasteiger partial charge in [0.15, 0.2) is 0 Å². The van der Waals surface area contributed by atoms with Crippen molar-refractivity contribution in [1.29, 1.82) is 0 Å². The molecule has 0 radical (unpaired) electrons. The summed E-state index contributed by atoms with van der Waals surface area (Å²) in [5.41, 5.74) is -0.341. The third kappa shape index (κ3) is 4.34. The molecule has 3 rings (SSSR count). The SMILES string of the molecule is CCOc1ncc(B2OC(C)(C)C(C)(C)O2)cc1NS(=O)(=O)c1ccc(O)cc1. The molecule has 1 aliphatic heterocycles. The lowest BCUT2D eigenvalue weighted by Crippen LogP contribution is -2.41. The lowest BCUT2D eigenvalue weighted by Gasteiger charge is -2.32. The third-order valence-corrected chi connectivity index (χ3v) is 6.45. The van der Waals surface area contributed by atoms with Crippen LogP contribution in [0, 0.1) is 0 Å². The van der Waals surface area contributed by atoms with Gasteiger partial charge >= 0.3 is 7.12 Å². The van der Waals surface area contributed by atoms with E-state index in [9.17, 15) is 13.5 Å². The standard InChI is InChI=1S/C19H25BN2O6S/c1-6-26-17-16(22-29(24,25)15-9-7-14(23)8-10-15)11-13(12-21-17)20-27-18(2,3)19(4,5)28-20/h7-12,22-23H,6H2,1-5H3. The van der Waals surface area contributed by atoms with Gasteiger partial charge in [0.05, 0.1) is 22.7 Å². The maximum Gasteiger partial charge on any atom is 0.496 e. The highest BCUT2D eigenvalue weighted by atomic mass is 32.2. The van der Waals surface area contributed by atoms with E-state index in [4.69, 9.17) is 14.0 Å². The van der Waals surface area contributed by atoms with Crippen molar-refractivity contribution < 1.29 is 27.6 Å². The fourth-order valence-electron chi connectivity index (χ4n) is 2.73.